The molecule has 6 heteroatoms. The molecule has 1 unspecified atom stereocenters. The molecule has 1 aliphatic heterocycles. The second-order valence-electron chi connectivity index (χ2n) is 6.89. The minimum Gasteiger partial charge on any atom is -0.383 e. The van der Waals surface area contributed by atoms with Gasteiger partial charge in [0.2, 0.25) is 10.0 Å². The first kappa shape index (κ1) is 19.4. The van der Waals surface area contributed by atoms with E-state index in [4.69, 9.17) is 4.74 Å². The molecular formula is C18H30N2O3S. The van der Waals surface area contributed by atoms with Crippen molar-refractivity contribution >= 4 is 10.0 Å². The highest BCUT2D eigenvalue weighted by atomic mass is 32.2. The van der Waals surface area contributed by atoms with Crippen molar-refractivity contribution in [2.24, 2.45) is 0 Å². The van der Waals surface area contributed by atoms with E-state index in [1.165, 1.54) is 0 Å². The van der Waals surface area contributed by atoms with Crippen molar-refractivity contribution in [3.8, 4) is 0 Å². The number of rotatable bonds is 7. The van der Waals surface area contributed by atoms with Crippen LogP contribution in [0.25, 0.3) is 0 Å². The summed E-state index contributed by atoms with van der Waals surface area (Å²) in [6.07, 6.45) is 1.84. The van der Waals surface area contributed by atoms with E-state index in [-0.39, 0.29) is 6.04 Å². The van der Waals surface area contributed by atoms with Crippen LogP contribution < -0.4 is 0 Å². The van der Waals surface area contributed by atoms with E-state index in [0.29, 0.717) is 18.0 Å². The van der Waals surface area contributed by atoms with Crippen LogP contribution in [0.5, 0.6) is 0 Å². The van der Waals surface area contributed by atoms with Crippen molar-refractivity contribution in [3.63, 3.8) is 0 Å². The quantitative estimate of drug-likeness (QED) is 0.754. The summed E-state index contributed by atoms with van der Waals surface area (Å²) < 4.78 is 33.4. The molecule has 24 heavy (non-hydrogen) atoms. The second kappa shape index (κ2) is 7.95. The maximum Gasteiger partial charge on any atom is 0.243 e. The van der Waals surface area contributed by atoms with E-state index in [0.717, 1.165) is 42.6 Å². The van der Waals surface area contributed by atoms with Gasteiger partial charge in [-0.3, -0.25) is 0 Å². The van der Waals surface area contributed by atoms with E-state index in [1.807, 2.05) is 40.0 Å². The molecule has 0 spiro atoms. The Morgan fingerprint density at radius 3 is 2.46 bits per heavy atom. The minimum absolute atomic E-state index is 0.0389. The summed E-state index contributed by atoms with van der Waals surface area (Å²) in [5.74, 6) is 0. The van der Waals surface area contributed by atoms with Crippen molar-refractivity contribution in [1.82, 2.24) is 9.21 Å². The highest BCUT2D eigenvalue weighted by Crippen LogP contribution is 2.30. The Balaban J connectivity index is 2.25. The molecule has 1 aromatic carbocycles. The molecule has 5 nitrogen and oxygen atoms in total. The van der Waals surface area contributed by atoms with Crippen LogP contribution in [-0.4, -0.2) is 64.1 Å². The Kier molecular flexibility index (Phi) is 6.42. The summed E-state index contributed by atoms with van der Waals surface area (Å²) in [5, 5.41) is 0. The fourth-order valence-electron chi connectivity index (χ4n) is 3.70. The topological polar surface area (TPSA) is 49.9 Å². The molecule has 1 aliphatic rings. The number of nitrogens with zero attached hydrogens (tertiary/aromatic N) is 2. The number of benzene rings is 1. The van der Waals surface area contributed by atoms with Crippen LogP contribution in [0.4, 0.5) is 0 Å². The lowest BCUT2D eigenvalue weighted by molar-refractivity contribution is 0.151. The van der Waals surface area contributed by atoms with Gasteiger partial charge in [0.15, 0.2) is 0 Å². The lowest BCUT2D eigenvalue weighted by Gasteiger charge is -2.29. The fourth-order valence-corrected chi connectivity index (χ4v) is 5.80. The Morgan fingerprint density at radius 2 is 1.88 bits per heavy atom. The predicted molar refractivity (Wildman–Crippen MR) is 96.9 cm³/mol. The normalized spacial score (nSPS) is 19.3. The molecule has 2 rings (SSSR count). The van der Waals surface area contributed by atoms with Gasteiger partial charge >= 0.3 is 0 Å². The zero-order valence-electron chi connectivity index (χ0n) is 15.5. The molecule has 1 aromatic rings. The number of hydrogen-bond acceptors (Lipinski definition) is 4. The summed E-state index contributed by atoms with van der Waals surface area (Å²) in [4.78, 5) is 2.64. The molecular weight excluding hydrogens is 324 g/mol. The zero-order valence-corrected chi connectivity index (χ0v) is 16.3. The number of sulfonamides is 1. The third kappa shape index (κ3) is 4.17. The van der Waals surface area contributed by atoms with Gasteiger partial charge in [0.05, 0.1) is 11.5 Å². The number of hydrogen-bond donors (Lipinski definition) is 0. The van der Waals surface area contributed by atoms with Crippen LogP contribution in [0.3, 0.4) is 0 Å². The Bertz CT molecular complexity index is 650. The smallest absolute Gasteiger partial charge is 0.243 e. The van der Waals surface area contributed by atoms with Crippen molar-refractivity contribution in [2.45, 2.75) is 44.6 Å². The average Bonchev–Trinajstić information content (AvgIpc) is 2.92. The first-order valence-electron chi connectivity index (χ1n) is 8.54. The molecule has 0 amide bonds. The van der Waals surface area contributed by atoms with Crippen LogP contribution in [0, 0.1) is 20.8 Å². The molecule has 0 bridgehead atoms. The van der Waals surface area contributed by atoms with Gasteiger partial charge in [-0.1, -0.05) is 17.7 Å². The first-order valence-corrected chi connectivity index (χ1v) is 9.98. The lowest BCUT2D eigenvalue weighted by atomic mass is 10.1. The average molecular weight is 355 g/mol. The molecule has 1 fully saturated rings. The van der Waals surface area contributed by atoms with Crippen LogP contribution >= 0.6 is 0 Å². The van der Waals surface area contributed by atoms with Gasteiger partial charge in [-0.25, -0.2) is 8.42 Å². The van der Waals surface area contributed by atoms with Gasteiger partial charge in [-0.15, -0.1) is 0 Å². The SMILES string of the molecule is COCCN(C)CC1CCCN1S(=O)(=O)c1c(C)cc(C)cc1C. The van der Waals surface area contributed by atoms with E-state index >= 15 is 0 Å². The van der Waals surface area contributed by atoms with Gasteiger partial charge in [0, 0.05) is 32.8 Å². The van der Waals surface area contributed by atoms with Crippen molar-refractivity contribution in [1.29, 1.82) is 0 Å². The monoisotopic (exact) mass is 354 g/mol. The molecule has 1 saturated heterocycles. The Labute approximate surface area is 146 Å². The van der Waals surface area contributed by atoms with E-state index < -0.39 is 10.0 Å². The van der Waals surface area contributed by atoms with Crippen molar-refractivity contribution in [2.75, 3.05) is 40.4 Å². The zero-order chi connectivity index (χ0) is 17.9. The van der Waals surface area contributed by atoms with Gasteiger partial charge in [0.25, 0.3) is 0 Å². The molecule has 0 aliphatic carbocycles. The van der Waals surface area contributed by atoms with Crippen LogP contribution in [0.2, 0.25) is 0 Å². The number of methoxy groups -OCH3 is 1. The fraction of sp³-hybridized carbons (Fsp3) is 0.667. The number of likely N-dealkylation sites (N-methyl/N-ethyl adjacent to an activating group) is 1. The number of ether oxygens (including phenoxy) is 1. The van der Waals surface area contributed by atoms with Crippen molar-refractivity contribution in [3.05, 3.63) is 28.8 Å². The second-order valence-corrected chi connectivity index (χ2v) is 8.72. The van der Waals surface area contributed by atoms with Crippen molar-refractivity contribution < 1.29 is 13.2 Å². The van der Waals surface area contributed by atoms with Gasteiger partial charge in [-0.2, -0.15) is 4.31 Å². The van der Waals surface area contributed by atoms with E-state index in [9.17, 15) is 8.42 Å². The summed E-state index contributed by atoms with van der Waals surface area (Å²) in [6, 6.07) is 3.95. The third-order valence-corrected chi connectivity index (χ3v) is 6.95. The number of aryl methyl sites for hydroxylation is 3. The maximum atomic E-state index is 13.3. The highest BCUT2D eigenvalue weighted by Gasteiger charge is 2.37. The molecule has 0 N–H and O–H groups in total. The lowest BCUT2D eigenvalue weighted by Crippen LogP contribution is -2.43. The summed E-state index contributed by atoms with van der Waals surface area (Å²) in [5.41, 5.74) is 2.78. The first-order chi connectivity index (χ1) is 11.3. The van der Waals surface area contributed by atoms with E-state index in [1.54, 1.807) is 11.4 Å². The van der Waals surface area contributed by atoms with Gasteiger partial charge in [0.1, 0.15) is 0 Å². The van der Waals surface area contributed by atoms with Gasteiger partial charge < -0.3 is 9.64 Å². The molecule has 1 heterocycles. The molecule has 1 atom stereocenters. The molecule has 136 valence electrons. The van der Waals surface area contributed by atoms with Gasteiger partial charge in [-0.05, 0) is 51.8 Å². The third-order valence-electron chi connectivity index (χ3n) is 4.69. The Hall–Kier alpha value is -0.950. The summed E-state index contributed by atoms with van der Waals surface area (Å²) in [7, 11) is 0.245. The maximum absolute atomic E-state index is 13.3. The summed E-state index contributed by atoms with van der Waals surface area (Å²) in [6.45, 7) is 8.60. The predicted octanol–water partition coefficient (Wildman–Crippen LogP) is 2.34. The molecule has 0 aromatic heterocycles. The molecule has 0 radical (unpaired) electrons. The van der Waals surface area contributed by atoms with E-state index in [2.05, 4.69) is 4.90 Å². The van der Waals surface area contributed by atoms with Crippen LogP contribution in [0.15, 0.2) is 17.0 Å². The minimum atomic E-state index is -3.46. The Morgan fingerprint density at radius 1 is 1.25 bits per heavy atom. The highest BCUT2D eigenvalue weighted by molar-refractivity contribution is 7.89. The standard InChI is InChI=1S/C18H30N2O3S/c1-14-11-15(2)18(16(3)12-14)24(21,22)20-8-6-7-17(20)13-19(4)9-10-23-5/h11-12,17H,6-10,13H2,1-5H3. The molecule has 0 saturated carbocycles. The largest absolute Gasteiger partial charge is 0.383 e. The van der Waals surface area contributed by atoms with Crippen LogP contribution in [-0.2, 0) is 14.8 Å². The van der Waals surface area contributed by atoms with Crippen LogP contribution in [0.1, 0.15) is 29.5 Å². The summed E-state index contributed by atoms with van der Waals surface area (Å²) >= 11 is 0.